The molecule has 1 aromatic rings. The van der Waals surface area contributed by atoms with Crippen LogP contribution in [0.3, 0.4) is 0 Å². The number of ether oxygens (including phenoxy) is 1. The summed E-state index contributed by atoms with van der Waals surface area (Å²) in [6.07, 6.45) is -1.00. The lowest BCUT2D eigenvalue weighted by Crippen LogP contribution is -2.75. The maximum Gasteiger partial charge on any atom is 0.414 e. The molecule has 1 aromatic heterocycles. The molecule has 220 valence electrons. The molecular weight excluding hydrogens is 605 g/mol. The molecule has 3 atom stereocenters. The summed E-state index contributed by atoms with van der Waals surface area (Å²) in [4.78, 5) is 72.2. The monoisotopic (exact) mass is 630 g/mol. The van der Waals surface area contributed by atoms with Crippen LogP contribution in [-0.2, 0) is 49.2 Å². The molecule has 0 aromatic carbocycles. The highest BCUT2D eigenvalue weighted by atomic mass is 35.5. The van der Waals surface area contributed by atoms with Crippen molar-refractivity contribution in [3.8, 4) is 0 Å². The molecule has 0 radical (unpaired) electrons. The molecule has 1 saturated heterocycles. The lowest BCUT2D eigenvalue weighted by molar-refractivity contribution is -0.149. The average molecular weight is 631 g/mol. The molecule has 41 heavy (non-hydrogen) atoms. The molecule has 3 amide bonds. The van der Waals surface area contributed by atoms with Gasteiger partial charge in [0.05, 0.1) is 12.3 Å². The standard InChI is InChI=1S/C20H25B2ClN6O10S2/c1-20(2,3)37-19(34)26-18-25-13(28-40-18)10(27-36-5-4-9(30)38-21)14(31)24-11-15(32)29-12(17(33)39-22)8(6-23)7-41(35)16(11)29/h11,16H,4-7,21-22H2,1-3H3,(H,24,31)(H,25,26,28,34)/b27-10-/t11-,16-,41?/m1/s1. The largest absolute Gasteiger partial charge is 0.614 e. The number of fused-ring (bicyclic) bond motifs is 1. The molecule has 1 unspecified atom stereocenters. The molecule has 0 aliphatic carbocycles. The van der Waals surface area contributed by atoms with E-state index in [0.717, 1.165) is 12.9 Å². The van der Waals surface area contributed by atoms with Crippen LogP contribution in [-0.4, -0.2) is 106 Å². The van der Waals surface area contributed by atoms with Crippen molar-refractivity contribution >= 4 is 91.1 Å². The van der Waals surface area contributed by atoms with Crippen LogP contribution in [0.1, 0.15) is 33.0 Å². The van der Waals surface area contributed by atoms with Gasteiger partial charge in [0.2, 0.25) is 22.0 Å². The first-order valence-electron chi connectivity index (χ1n) is 11.8. The smallest absolute Gasteiger partial charge is 0.414 e. The van der Waals surface area contributed by atoms with Gasteiger partial charge in [0.25, 0.3) is 17.8 Å². The number of anilines is 1. The molecule has 21 heteroatoms. The fourth-order valence-corrected chi connectivity index (χ4v) is 6.11. The molecule has 1 fully saturated rings. The number of alkyl halides is 1. The Morgan fingerprint density at radius 2 is 1.98 bits per heavy atom. The van der Waals surface area contributed by atoms with Gasteiger partial charge in [0.1, 0.15) is 23.7 Å². The second-order valence-corrected chi connectivity index (χ2v) is 11.9. The Morgan fingerprint density at radius 1 is 1.27 bits per heavy atom. The Kier molecular flexibility index (Phi) is 10.6. The zero-order valence-corrected chi connectivity index (χ0v) is 24.9. The highest BCUT2D eigenvalue weighted by molar-refractivity contribution is 7.92. The van der Waals surface area contributed by atoms with Gasteiger partial charge in [-0.05, 0) is 31.9 Å². The van der Waals surface area contributed by atoms with Gasteiger partial charge >= 0.3 is 28.2 Å². The molecule has 3 rings (SSSR count). The van der Waals surface area contributed by atoms with E-state index in [0.29, 0.717) is 11.5 Å². The molecule has 3 heterocycles. The molecule has 16 nitrogen and oxygen atoms in total. The lowest BCUT2D eigenvalue weighted by atomic mass is 10.0. The van der Waals surface area contributed by atoms with E-state index in [1.807, 2.05) is 0 Å². The van der Waals surface area contributed by atoms with Crippen molar-refractivity contribution in [1.29, 1.82) is 0 Å². The number of aromatic nitrogens is 2. The minimum atomic E-state index is -1.72. The topological polar surface area (TPSA) is 211 Å². The first-order chi connectivity index (χ1) is 19.3. The highest BCUT2D eigenvalue weighted by Gasteiger charge is 2.61. The predicted octanol–water partition coefficient (Wildman–Crippen LogP) is -1.91. The van der Waals surface area contributed by atoms with E-state index in [4.69, 9.17) is 25.8 Å². The third-order valence-electron chi connectivity index (χ3n) is 5.27. The normalized spacial score (nSPS) is 20.4. The molecule has 0 saturated carbocycles. The zero-order valence-electron chi connectivity index (χ0n) is 22.5. The van der Waals surface area contributed by atoms with Gasteiger partial charge in [-0.15, -0.1) is 11.6 Å². The van der Waals surface area contributed by atoms with E-state index in [1.165, 1.54) is 8.05 Å². The maximum absolute atomic E-state index is 13.3. The number of oxime groups is 1. The van der Waals surface area contributed by atoms with Crippen LogP contribution in [0.5, 0.6) is 0 Å². The van der Waals surface area contributed by atoms with Gasteiger partial charge in [-0.3, -0.25) is 24.6 Å². The maximum atomic E-state index is 13.3. The fourth-order valence-electron chi connectivity index (χ4n) is 3.54. The van der Waals surface area contributed by atoms with Crippen LogP contribution >= 0.6 is 23.1 Å². The Balaban J connectivity index is 1.82. The number of β-lactam (4-membered cyclic amide) rings is 1. The molecule has 0 bridgehead atoms. The van der Waals surface area contributed by atoms with Crippen molar-refractivity contribution in [1.82, 2.24) is 19.6 Å². The van der Waals surface area contributed by atoms with Crippen molar-refractivity contribution in [3.05, 3.63) is 17.1 Å². The summed E-state index contributed by atoms with van der Waals surface area (Å²) >= 11 is 4.88. The number of carbonyl (C=O) groups excluding carboxylic acids is 5. The predicted molar refractivity (Wildman–Crippen MR) is 149 cm³/mol. The Labute approximate surface area is 247 Å². The molecule has 2 aliphatic rings. The molecular formula is C20H25B2ClN6O10S2. The SMILES string of the molecule is BOC(=O)CCO/N=C(\C(=O)N[C@@H]1C(=O)N2C(C(=O)OB)=C(CCl)C[S+]([O-])[C@H]12)c1nsc(NC(=O)OC(C)(C)C)n1. The lowest BCUT2D eigenvalue weighted by Gasteiger charge is -2.49. The van der Waals surface area contributed by atoms with Gasteiger partial charge in [-0.2, -0.15) is 9.36 Å². The van der Waals surface area contributed by atoms with Crippen molar-refractivity contribution in [2.24, 2.45) is 5.16 Å². The minimum absolute atomic E-state index is 0.0370. The Morgan fingerprint density at radius 3 is 2.59 bits per heavy atom. The number of rotatable bonds is 10. The first kappa shape index (κ1) is 32.2. The van der Waals surface area contributed by atoms with Crippen LogP contribution in [0.25, 0.3) is 0 Å². The number of amides is 3. The second-order valence-electron chi connectivity index (χ2n) is 9.30. The van der Waals surface area contributed by atoms with Crippen molar-refractivity contribution < 1.29 is 47.4 Å². The quantitative estimate of drug-likeness (QED) is 0.0552. The van der Waals surface area contributed by atoms with Gasteiger partial charge < -0.3 is 28.8 Å². The van der Waals surface area contributed by atoms with E-state index in [9.17, 15) is 28.5 Å². The van der Waals surface area contributed by atoms with Crippen LogP contribution in [0, 0.1) is 0 Å². The van der Waals surface area contributed by atoms with Crippen molar-refractivity contribution in [3.63, 3.8) is 0 Å². The van der Waals surface area contributed by atoms with Gasteiger partial charge in [-0.1, -0.05) is 5.16 Å². The third-order valence-corrected chi connectivity index (χ3v) is 7.88. The van der Waals surface area contributed by atoms with Gasteiger partial charge in [0.15, 0.2) is 6.04 Å². The summed E-state index contributed by atoms with van der Waals surface area (Å²) in [6, 6.07) is -1.31. The summed E-state index contributed by atoms with van der Waals surface area (Å²) in [5.41, 5.74) is -1.15. The zero-order chi connectivity index (χ0) is 30.5. The van der Waals surface area contributed by atoms with E-state index in [2.05, 4.69) is 29.8 Å². The summed E-state index contributed by atoms with van der Waals surface area (Å²) in [6.45, 7) is 4.73. The highest BCUT2D eigenvalue weighted by Crippen LogP contribution is 2.37. The number of nitrogens with zero attached hydrogens (tertiary/aromatic N) is 4. The van der Waals surface area contributed by atoms with Gasteiger partial charge in [0, 0.05) is 17.1 Å². The first-order valence-corrected chi connectivity index (χ1v) is 14.5. The number of carbonyl (C=O) groups is 5. The third kappa shape index (κ3) is 7.69. The van der Waals surface area contributed by atoms with Crippen LogP contribution < -0.4 is 10.6 Å². The number of hydrogen-bond donors (Lipinski definition) is 2. The Bertz CT molecular complexity index is 1290. The summed E-state index contributed by atoms with van der Waals surface area (Å²) in [5, 5.41) is 7.41. The Hall–Kier alpha value is -3.35. The van der Waals surface area contributed by atoms with Crippen LogP contribution in [0.15, 0.2) is 16.4 Å². The summed E-state index contributed by atoms with van der Waals surface area (Å²) < 4.78 is 31.4. The van der Waals surface area contributed by atoms with Crippen molar-refractivity contribution in [2.45, 2.75) is 44.2 Å². The van der Waals surface area contributed by atoms with Crippen LogP contribution in [0.2, 0.25) is 0 Å². The number of nitrogens with one attached hydrogen (secondary N) is 2. The minimum Gasteiger partial charge on any atom is -0.614 e. The molecule has 2 aliphatic heterocycles. The fraction of sp³-hybridized carbons (Fsp3) is 0.500. The summed E-state index contributed by atoms with van der Waals surface area (Å²) in [7, 11) is 2.31. The van der Waals surface area contributed by atoms with E-state index in [1.54, 1.807) is 20.8 Å². The molecule has 0 spiro atoms. The summed E-state index contributed by atoms with van der Waals surface area (Å²) in [5.74, 6) is -3.70. The number of hydrogen-bond acceptors (Lipinski definition) is 14. The van der Waals surface area contributed by atoms with E-state index in [-0.39, 0.29) is 46.9 Å². The number of halogens is 1. The van der Waals surface area contributed by atoms with E-state index < -0.39 is 63.8 Å². The second kappa shape index (κ2) is 13.5. The van der Waals surface area contributed by atoms with E-state index >= 15 is 0 Å². The van der Waals surface area contributed by atoms with Crippen LogP contribution in [0.4, 0.5) is 9.93 Å². The average Bonchev–Trinajstić information content (AvgIpc) is 3.36. The van der Waals surface area contributed by atoms with Gasteiger partial charge in [-0.25, -0.2) is 9.59 Å². The van der Waals surface area contributed by atoms with Crippen molar-refractivity contribution in [2.75, 3.05) is 23.6 Å². The molecule has 2 N–H and O–H groups in total.